The van der Waals surface area contributed by atoms with Gasteiger partial charge in [-0.3, -0.25) is 9.69 Å². The normalized spacial score (nSPS) is 19.1. The van der Waals surface area contributed by atoms with E-state index in [1.54, 1.807) is 6.92 Å². The molecule has 0 aliphatic carbocycles. The fraction of sp³-hybridized carbons (Fsp3) is 0.562. The number of rotatable bonds is 4. The molecule has 20 heavy (non-hydrogen) atoms. The Labute approximate surface area is 120 Å². The van der Waals surface area contributed by atoms with Crippen molar-refractivity contribution in [1.82, 2.24) is 4.90 Å². The van der Waals surface area contributed by atoms with Gasteiger partial charge in [-0.1, -0.05) is 0 Å². The number of hydrogen-bond donors (Lipinski definition) is 0. The van der Waals surface area contributed by atoms with Crippen LogP contribution < -0.4 is 4.90 Å². The summed E-state index contributed by atoms with van der Waals surface area (Å²) in [6.07, 6.45) is 1.06. The number of Topliss-reactive ketones (excluding diaryl/α,β-unsaturated/α-hetero) is 1. The van der Waals surface area contributed by atoms with Crippen LogP contribution in [-0.2, 0) is 11.2 Å². The van der Waals surface area contributed by atoms with Crippen LogP contribution >= 0.6 is 0 Å². The predicted octanol–water partition coefficient (Wildman–Crippen LogP) is 1.58. The van der Waals surface area contributed by atoms with Gasteiger partial charge in [-0.2, -0.15) is 0 Å². The molecule has 0 unspecified atom stereocenters. The smallest absolute Gasteiger partial charge is 0.159 e. The standard InChI is InChI=1S/C16H22N2O2/c1-13(19)14-2-3-16-15(12-14)4-5-18(16)7-6-17-8-10-20-11-9-17/h2-3,12H,4-11H2,1H3. The molecule has 108 valence electrons. The Morgan fingerprint density at radius 1 is 1.20 bits per heavy atom. The zero-order chi connectivity index (χ0) is 13.9. The van der Waals surface area contributed by atoms with Crippen molar-refractivity contribution in [2.24, 2.45) is 0 Å². The Hall–Kier alpha value is -1.39. The number of carbonyl (C=O) groups excluding carboxylic acids is 1. The van der Waals surface area contributed by atoms with Gasteiger partial charge < -0.3 is 9.64 Å². The van der Waals surface area contributed by atoms with E-state index in [0.29, 0.717) is 0 Å². The van der Waals surface area contributed by atoms with E-state index in [9.17, 15) is 4.79 Å². The Morgan fingerprint density at radius 2 is 2.00 bits per heavy atom. The van der Waals surface area contributed by atoms with E-state index in [1.165, 1.54) is 11.3 Å². The highest BCUT2D eigenvalue weighted by atomic mass is 16.5. The molecule has 1 fully saturated rings. The third kappa shape index (κ3) is 2.86. The van der Waals surface area contributed by atoms with Gasteiger partial charge in [0.05, 0.1) is 13.2 Å². The molecule has 4 nitrogen and oxygen atoms in total. The van der Waals surface area contributed by atoms with Gasteiger partial charge in [-0.05, 0) is 37.1 Å². The van der Waals surface area contributed by atoms with Crippen molar-refractivity contribution >= 4 is 11.5 Å². The van der Waals surface area contributed by atoms with E-state index < -0.39 is 0 Å². The third-order valence-electron chi connectivity index (χ3n) is 4.27. The number of ether oxygens (including phenoxy) is 1. The van der Waals surface area contributed by atoms with Crippen molar-refractivity contribution in [3.05, 3.63) is 29.3 Å². The van der Waals surface area contributed by atoms with Crippen LogP contribution in [0.2, 0.25) is 0 Å². The van der Waals surface area contributed by atoms with E-state index in [-0.39, 0.29) is 5.78 Å². The molecule has 2 aliphatic heterocycles. The maximum atomic E-state index is 11.4. The molecule has 3 rings (SSSR count). The molecular formula is C16H22N2O2. The summed E-state index contributed by atoms with van der Waals surface area (Å²) in [6.45, 7) is 8.67. The minimum absolute atomic E-state index is 0.152. The van der Waals surface area contributed by atoms with E-state index >= 15 is 0 Å². The van der Waals surface area contributed by atoms with Gasteiger partial charge in [0.15, 0.2) is 5.78 Å². The molecule has 1 aromatic carbocycles. The number of fused-ring (bicyclic) bond motifs is 1. The molecule has 0 saturated carbocycles. The first-order valence-electron chi connectivity index (χ1n) is 7.43. The SMILES string of the molecule is CC(=O)c1ccc2c(c1)CCN2CCN1CCOCC1. The Bertz CT molecular complexity index is 495. The maximum absolute atomic E-state index is 11.4. The molecule has 2 aliphatic rings. The second-order valence-corrected chi connectivity index (χ2v) is 5.59. The average Bonchev–Trinajstić information content (AvgIpc) is 2.88. The maximum Gasteiger partial charge on any atom is 0.159 e. The molecular weight excluding hydrogens is 252 g/mol. The Kier molecular flexibility index (Phi) is 4.03. The van der Waals surface area contributed by atoms with Gasteiger partial charge in [0.2, 0.25) is 0 Å². The molecule has 1 saturated heterocycles. The van der Waals surface area contributed by atoms with E-state index in [4.69, 9.17) is 4.74 Å². The molecule has 1 aromatic rings. The highest BCUT2D eigenvalue weighted by Crippen LogP contribution is 2.28. The van der Waals surface area contributed by atoms with Crippen molar-refractivity contribution in [3.63, 3.8) is 0 Å². The summed E-state index contributed by atoms with van der Waals surface area (Å²) in [5.41, 5.74) is 3.46. The molecule has 0 amide bonds. The zero-order valence-corrected chi connectivity index (χ0v) is 12.1. The highest BCUT2D eigenvalue weighted by Gasteiger charge is 2.20. The van der Waals surface area contributed by atoms with E-state index in [0.717, 1.165) is 57.9 Å². The summed E-state index contributed by atoms with van der Waals surface area (Å²) in [6, 6.07) is 6.12. The van der Waals surface area contributed by atoms with Crippen LogP contribution in [0.1, 0.15) is 22.8 Å². The lowest BCUT2D eigenvalue weighted by molar-refractivity contribution is 0.0392. The summed E-state index contributed by atoms with van der Waals surface area (Å²) < 4.78 is 5.38. The Balaban J connectivity index is 1.62. The first-order valence-corrected chi connectivity index (χ1v) is 7.43. The molecule has 0 atom stereocenters. The van der Waals surface area contributed by atoms with Crippen LogP contribution in [0.3, 0.4) is 0 Å². The highest BCUT2D eigenvalue weighted by molar-refractivity contribution is 5.94. The second-order valence-electron chi connectivity index (χ2n) is 5.59. The zero-order valence-electron chi connectivity index (χ0n) is 12.1. The summed E-state index contributed by atoms with van der Waals surface area (Å²) in [7, 11) is 0. The molecule has 0 spiro atoms. The minimum Gasteiger partial charge on any atom is -0.379 e. The van der Waals surface area contributed by atoms with Crippen LogP contribution in [0, 0.1) is 0 Å². The van der Waals surface area contributed by atoms with Gasteiger partial charge >= 0.3 is 0 Å². The van der Waals surface area contributed by atoms with Crippen molar-refractivity contribution in [2.75, 3.05) is 50.8 Å². The first-order chi connectivity index (χ1) is 9.74. The molecule has 2 heterocycles. The number of ketones is 1. The van der Waals surface area contributed by atoms with Gasteiger partial charge in [-0.25, -0.2) is 0 Å². The van der Waals surface area contributed by atoms with Gasteiger partial charge in [0, 0.05) is 44.0 Å². The fourth-order valence-electron chi connectivity index (χ4n) is 3.01. The van der Waals surface area contributed by atoms with E-state index in [2.05, 4.69) is 21.9 Å². The third-order valence-corrected chi connectivity index (χ3v) is 4.27. The summed E-state index contributed by atoms with van der Waals surface area (Å²) in [5, 5.41) is 0. The van der Waals surface area contributed by atoms with Crippen LogP contribution in [0.5, 0.6) is 0 Å². The van der Waals surface area contributed by atoms with Crippen molar-refractivity contribution < 1.29 is 9.53 Å². The minimum atomic E-state index is 0.152. The van der Waals surface area contributed by atoms with Crippen LogP contribution in [-0.4, -0.2) is 56.6 Å². The topological polar surface area (TPSA) is 32.8 Å². The average molecular weight is 274 g/mol. The lowest BCUT2D eigenvalue weighted by Crippen LogP contribution is -2.41. The molecule has 4 heteroatoms. The number of carbonyl (C=O) groups is 1. The van der Waals surface area contributed by atoms with Gasteiger partial charge in [0.25, 0.3) is 0 Å². The molecule has 0 N–H and O–H groups in total. The second kappa shape index (κ2) is 5.94. The van der Waals surface area contributed by atoms with Crippen molar-refractivity contribution in [3.8, 4) is 0 Å². The number of benzene rings is 1. The van der Waals surface area contributed by atoms with Gasteiger partial charge in [0.1, 0.15) is 0 Å². The largest absolute Gasteiger partial charge is 0.379 e. The van der Waals surface area contributed by atoms with Crippen LogP contribution in [0.4, 0.5) is 5.69 Å². The molecule has 0 bridgehead atoms. The monoisotopic (exact) mass is 274 g/mol. The molecule has 0 radical (unpaired) electrons. The van der Waals surface area contributed by atoms with Gasteiger partial charge in [-0.15, -0.1) is 0 Å². The van der Waals surface area contributed by atoms with Crippen LogP contribution in [0.15, 0.2) is 18.2 Å². The summed E-state index contributed by atoms with van der Waals surface area (Å²) >= 11 is 0. The fourth-order valence-corrected chi connectivity index (χ4v) is 3.01. The van der Waals surface area contributed by atoms with Crippen molar-refractivity contribution in [1.29, 1.82) is 0 Å². The predicted molar refractivity (Wildman–Crippen MR) is 79.6 cm³/mol. The van der Waals surface area contributed by atoms with Crippen molar-refractivity contribution in [2.45, 2.75) is 13.3 Å². The number of morpholine rings is 1. The van der Waals surface area contributed by atoms with Crippen LogP contribution in [0.25, 0.3) is 0 Å². The van der Waals surface area contributed by atoms with E-state index in [1.807, 2.05) is 6.07 Å². The first kappa shape index (κ1) is 13.6. The molecule has 0 aromatic heterocycles. The Morgan fingerprint density at radius 3 is 2.75 bits per heavy atom. The number of anilines is 1. The lowest BCUT2D eigenvalue weighted by atomic mass is 10.1. The number of hydrogen-bond acceptors (Lipinski definition) is 4. The lowest BCUT2D eigenvalue weighted by Gasteiger charge is -2.29. The quantitative estimate of drug-likeness (QED) is 0.781. The number of nitrogens with zero attached hydrogens (tertiary/aromatic N) is 2. The summed E-state index contributed by atoms with van der Waals surface area (Å²) in [5.74, 6) is 0.152. The summed E-state index contributed by atoms with van der Waals surface area (Å²) in [4.78, 5) is 16.3.